The number of aromatic nitrogens is 1. The number of aryl methyl sites for hydroxylation is 1. The van der Waals surface area contributed by atoms with Crippen LogP contribution in [0.15, 0.2) is 47.3 Å². The van der Waals surface area contributed by atoms with E-state index in [0.717, 1.165) is 42.4 Å². The molecule has 0 saturated carbocycles. The molecule has 1 amide bonds. The number of Topliss-reactive ketones (excluding diaryl/α,β-unsaturated/α-hetero) is 1. The van der Waals surface area contributed by atoms with Crippen LogP contribution < -0.4 is 5.32 Å². The van der Waals surface area contributed by atoms with Crippen LogP contribution in [-0.2, 0) is 30.4 Å². The molecule has 1 N–H and O–H groups in total. The summed E-state index contributed by atoms with van der Waals surface area (Å²) in [7, 11) is 0. The second kappa shape index (κ2) is 11.6. The molecule has 196 valence electrons. The lowest BCUT2D eigenvalue weighted by Gasteiger charge is -2.30. The summed E-state index contributed by atoms with van der Waals surface area (Å²) < 4.78 is 18.6. The molecule has 37 heavy (non-hydrogen) atoms. The molecule has 2 heterocycles. The molecule has 8 nitrogen and oxygen atoms in total. The van der Waals surface area contributed by atoms with Gasteiger partial charge in [-0.05, 0) is 42.9 Å². The molecule has 9 heteroatoms. The van der Waals surface area contributed by atoms with Crippen LogP contribution in [0.25, 0.3) is 6.08 Å². The highest BCUT2D eigenvalue weighted by Crippen LogP contribution is 2.35. The lowest BCUT2D eigenvalue weighted by molar-refractivity contribution is -0.153. The van der Waals surface area contributed by atoms with Gasteiger partial charge in [0.05, 0.1) is 12.1 Å². The van der Waals surface area contributed by atoms with Gasteiger partial charge in [-0.1, -0.05) is 49.4 Å². The van der Waals surface area contributed by atoms with E-state index in [1.807, 2.05) is 30.4 Å². The number of oxime groups is 1. The molecule has 1 aromatic heterocycles. The Hall–Kier alpha value is -3.62. The first kappa shape index (κ1) is 26.4. The zero-order valence-electron chi connectivity index (χ0n) is 21.2. The molecule has 0 saturated heterocycles. The molecule has 4 rings (SSSR count). The van der Waals surface area contributed by atoms with Crippen LogP contribution >= 0.6 is 0 Å². The van der Waals surface area contributed by atoms with Gasteiger partial charge in [0.2, 0.25) is 5.60 Å². The maximum absolute atomic E-state index is 13.5. The Morgan fingerprint density at radius 2 is 2.00 bits per heavy atom. The van der Waals surface area contributed by atoms with Gasteiger partial charge in [-0.3, -0.25) is 19.4 Å². The van der Waals surface area contributed by atoms with E-state index in [4.69, 9.17) is 9.57 Å². The fraction of sp³-hybridized carbons (Fsp3) is 0.464. The SMILES string of the molecule is CC(C)C1(C(=O)N[C@@H](CC(=O)OCC2=CCCC=C2)C(=O)CF)CC(c2nccc3c2C=CCC3)=NO1. The number of alkyl halides is 1. The summed E-state index contributed by atoms with van der Waals surface area (Å²) >= 11 is 0. The van der Waals surface area contributed by atoms with Gasteiger partial charge in [-0.25, -0.2) is 4.39 Å². The summed E-state index contributed by atoms with van der Waals surface area (Å²) in [5, 5.41) is 6.76. The van der Waals surface area contributed by atoms with Crippen molar-refractivity contribution < 1.29 is 28.3 Å². The number of nitrogens with one attached hydrogen (secondary N) is 1. The highest BCUT2D eigenvalue weighted by molar-refractivity contribution is 6.07. The minimum absolute atomic E-state index is 0.0545. The number of ketones is 1. The summed E-state index contributed by atoms with van der Waals surface area (Å²) in [5.41, 5.74) is 2.68. The minimum atomic E-state index is -1.44. The smallest absolute Gasteiger partial charge is 0.308 e. The molecule has 2 atom stereocenters. The van der Waals surface area contributed by atoms with Crippen molar-refractivity contribution in [3.05, 3.63) is 59.0 Å². The number of fused-ring (bicyclic) bond motifs is 1. The van der Waals surface area contributed by atoms with Crippen LogP contribution in [0.1, 0.15) is 62.8 Å². The van der Waals surface area contributed by atoms with Crippen molar-refractivity contribution in [2.24, 2.45) is 11.1 Å². The number of amides is 1. The predicted molar refractivity (Wildman–Crippen MR) is 136 cm³/mol. The number of esters is 1. The van der Waals surface area contributed by atoms with Gasteiger partial charge in [0.25, 0.3) is 5.91 Å². The summed E-state index contributed by atoms with van der Waals surface area (Å²) in [6.07, 6.45) is 14.9. The zero-order valence-corrected chi connectivity index (χ0v) is 21.2. The predicted octanol–water partition coefficient (Wildman–Crippen LogP) is 3.79. The lowest BCUT2D eigenvalue weighted by atomic mass is 9.83. The van der Waals surface area contributed by atoms with Gasteiger partial charge in [-0.2, -0.15) is 0 Å². The van der Waals surface area contributed by atoms with Crippen molar-refractivity contribution in [1.82, 2.24) is 10.3 Å². The molecule has 0 bridgehead atoms. The molecule has 1 aliphatic heterocycles. The second-order valence-corrected chi connectivity index (χ2v) is 9.77. The number of nitrogens with zero attached hydrogens (tertiary/aromatic N) is 2. The molecule has 0 radical (unpaired) electrons. The monoisotopic (exact) mass is 509 g/mol. The number of pyridine rings is 1. The van der Waals surface area contributed by atoms with E-state index in [2.05, 4.69) is 21.5 Å². The topological polar surface area (TPSA) is 107 Å². The molecular formula is C28H32FN3O5. The molecule has 0 spiro atoms. The van der Waals surface area contributed by atoms with Crippen molar-refractivity contribution in [1.29, 1.82) is 0 Å². The van der Waals surface area contributed by atoms with Crippen molar-refractivity contribution >= 4 is 29.4 Å². The van der Waals surface area contributed by atoms with Gasteiger partial charge < -0.3 is 14.9 Å². The Kier molecular flexibility index (Phi) is 8.31. The van der Waals surface area contributed by atoms with Crippen LogP contribution in [0, 0.1) is 5.92 Å². The van der Waals surface area contributed by atoms with Crippen LogP contribution in [-0.4, -0.2) is 53.3 Å². The fourth-order valence-electron chi connectivity index (χ4n) is 4.64. The summed E-state index contributed by atoms with van der Waals surface area (Å²) in [6, 6.07) is 0.587. The number of rotatable bonds is 10. The van der Waals surface area contributed by atoms with E-state index in [0.29, 0.717) is 11.4 Å². The van der Waals surface area contributed by atoms with Crippen LogP contribution in [0.4, 0.5) is 4.39 Å². The second-order valence-electron chi connectivity index (χ2n) is 9.77. The molecule has 3 aliphatic rings. The van der Waals surface area contributed by atoms with E-state index in [1.54, 1.807) is 20.0 Å². The Balaban J connectivity index is 1.46. The number of allylic oxidation sites excluding steroid dienone is 3. The number of carbonyl (C=O) groups excluding carboxylic acids is 3. The molecule has 0 fully saturated rings. The third kappa shape index (κ3) is 5.87. The summed E-state index contributed by atoms with van der Waals surface area (Å²) in [4.78, 5) is 48.5. The van der Waals surface area contributed by atoms with E-state index in [9.17, 15) is 18.8 Å². The van der Waals surface area contributed by atoms with E-state index in [-0.39, 0.29) is 18.9 Å². The van der Waals surface area contributed by atoms with E-state index in [1.165, 1.54) is 0 Å². The third-order valence-corrected chi connectivity index (χ3v) is 6.95. The van der Waals surface area contributed by atoms with Crippen LogP contribution in [0.5, 0.6) is 0 Å². The minimum Gasteiger partial charge on any atom is -0.461 e. The number of carbonyl (C=O) groups is 3. The Morgan fingerprint density at radius 3 is 2.73 bits per heavy atom. The number of ether oxygens (including phenoxy) is 1. The van der Waals surface area contributed by atoms with Crippen molar-refractivity contribution in [2.45, 2.75) is 64.0 Å². The number of hydrogen-bond acceptors (Lipinski definition) is 7. The average Bonchev–Trinajstić information content (AvgIpc) is 3.38. The van der Waals surface area contributed by atoms with Gasteiger partial charge in [0.15, 0.2) is 5.78 Å². The van der Waals surface area contributed by atoms with Gasteiger partial charge in [0.1, 0.15) is 25.0 Å². The quantitative estimate of drug-likeness (QED) is 0.481. The third-order valence-electron chi connectivity index (χ3n) is 6.95. The first-order chi connectivity index (χ1) is 17.8. The average molecular weight is 510 g/mol. The molecule has 1 aromatic rings. The van der Waals surface area contributed by atoms with Crippen molar-refractivity contribution in [2.75, 3.05) is 13.3 Å². The number of hydrogen-bond donors (Lipinski definition) is 1. The number of halogens is 1. The van der Waals surface area contributed by atoms with E-state index < -0.39 is 42.4 Å². The van der Waals surface area contributed by atoms with Gasteiger partial charge >= 0.3 is 5.97 Å². The maximum Gasteiger partial charge on any atom is 0.308 e. The Morgan fingerprint density at radius 1 is 1.19 bits per heavy atom. The molecular weight excluding hydrogens is 477 g/mol. The first-order valence-electron chi connectivity index (χ1n) is 12.6. The first-order valence-corrected chi connectivity index (χ1v) is 12.6. The maximum atomic E-state index is 13.5. The standard InChI is InChI=1S/C28H32FN3O5/c1-18(2)28(15-23(32-37-28)26-21-11-7-6-10-20(21)12-13-30-26)27(35)31-22(24(33)16-29)14-25(34)36-17-19-8-4-3-5-9-19/h4,7-9,11-13,18,22H,3,5-6,10,14-17H2,1-2H3,(H,31,35)/t22-,28?/m0/s1. The summed E-state index contributed by atoms with van der Waals surface area (Å²) in [6.45, 7) is 2.34. The normalized spacial score (nSPS) is 21.0. The summed E-state index contributed by atoms with van der Waals surface area (Å²) in [5.74, 6) is -2.60. The fourth-order valence-corrected chi connectivity index (χ4v) is 4.64. The highest BCUT2D eigenvalue weighted by Gasteiger charge is 2.51. The molecule has 0 aromatic carbocycles. The van der Waals surface area contributed by atoms with Crippen molar-refractivity contribution in [3.8, 4) is 0 Å². The largest absolute Gasteiger partial charge is 0.461 e. The molecule has 1 unspecified atom stereocenters. The zero-order chi connectivity index (χ0) is 26.4. The van der Waals surface area contributed by atoms with Gasteiger partial charge in [-0.15, -0.1) is 0 Å². The Labute approximate surface area is 215 Å². The Bertz CT molecular complexity index is 1190. The van der Waals surface area contributed by atoms with E-state index >= 15 is 0 Å². The van der Waals surface area contributed by atoms with Crippen LogP contribution in [0.3, 0.4) is 0 Å². The van der Waals surface area contributed by atoms with Crippen LogP contribution in [0.2, 0.25) is 0 Å². The van der Waals surface area contributed by atoms with Gasteiger partial charge in [0, 0.05) is 24.1 Å². The van der Waals surface area contributed by atoms with Crippen molar-refractivity contribution in [3.63, 3.8) is 0 Å². The highest BCUT2D eigenvalue weighted by atomic mass is 19.1. The molecule has 2 aliphatic carbocycles. The lowest BCUT2D eigenvalue weighted by Crippen LogP contribution is -2.55.